The number of carbonyl (C=O) groups is 1. The number of β-amino-alcohol motifs (C(OH)–C–C–N with tert-alkyl or cyclic N) is 1. The third-order valence-electron chi connectivity index (χ3n) is 4.50. The number of rotatable bonds is 3. The number of carbonyl (C=O) groups excluding carboxylic acids is 1. The minimum atomic E-state index is -0.425. The maximum atomic E-state index is 13.1. The van der Waals surface area contributed by atoms with Gasteiger partial charge in [-0.2, -0.15) is 0 Å². The summed E-state index contributed by atoms with van der Waals surface area (Å²) in [6.45, 7) is 3.97. The Morgan fingerprint density at radius 3 is 2.52 bits per heavy atom. The molecule has 0 saturated carbocycles. The first-order chi connectivity index (χ1) is 11.0. The summed E-state index contributed by atoms with van der Waals surface area (Å²) in [5.41, 5.74) is 0.897. The number of benzene rings is 1. The van der Waals surface area contributed by atoms with E-state index in [4.69, 9.17) is 11.6 Å². The summed E-state index contributed by atoms with van der Waals surface area (Å²) in [5, 5.41) is 13.0. The normalized spacial score (nSPS) is 23.7. The lowest BCUT2D eigenvalue weighted by Gasteiger charge is -2.36. The molecule has 2 unspecified atom stereocenters. The van der Waals surface area contributed by atoms with Crippen LogP contribution in [-0.2, 0) is 11.3 Å². The second kappa shape index (κ2) is 9.90. The molecular formula is C16H23Cl3FN3O2. The predicted molar refractivity (Wildman–Crippen MR) is 100 cm³/mol. The molecule has 2 heterocycles. The molecular weight excluding hydrogens is 392 g/mol. The van der Waals surface area contributed by atoms with Gasteiger partial charge in [0.15, 0.2) is 0 Å². The molecule has 5 nitrogen and oxygen atoms in total. The van der Waals surface area contributed by atoms with Crippen molar-refractivity contribution in [3.63, 3.8) is 0 Å². The minimum absolute atomic E-state index is 0. The van der Waals surface area contributed by atoms with Gasteiger partial charge < -0.3 is 15.3 Å². The fourth-order valence-electron chi connectivity index (χ4n) is 3.14. The number of nitrogens with zero attached hydrogens (tertiary/aromatic N) is 2. The lowest BCUT2D eigenvalue weighted by molar-refractivity contribution is -0.135. The van der Waals surface area contributed by atoms with Crippen LogP contribution in [0.2, 0.25) is 5.02 Å². The van der Waals surface area contributed by atoms with E-state index in [1.165, 1.54) is 12.1 Å². The largest absolute Gasteiger partial charge is 0.392 e. The Balaban J connectivity index is 0.00000156. The zero-order chi connectivity index (χ0) is 16.4. The van der Waals surface area contributed by atoms with Gasteiger partial charge in [0.2, 0.25) is 5.91 Å². The molecule has 1 aromatic carbocycles. The molecule has 1 amide bonds. The Kier molecular flexibility index (Phi) is 8.87. The van der Waals surface area contributed by atoms with E-state index in [0.717, 1.165) is 18.7 Å². The molecule has 1 aromatic rings. The predicted octanol–water partition coefficient (Wildman–Crippen LogP) is 1.69. The van der Waals surface area contributed by atoms with E-state index in [1.807, 2.05) is 4.90 Å². The van der Waals surface area contributed by atoms with Gasteiger partial charge in [0.25, 0.3) is 0 Å². The van der Waals surface area contributed by atoms with E-state index < -0.39 is 6.10 Å². The van der Waals surface area contributed by atoms with E-state index in [1.54, 1.807) is 6.07 Å². The van der Waals surface area contributed by atoms with E-state index in [0.29, 0.717) is 37.6 Å². The number of hydrogen-bond acceptors (Lipinski definition) is 4. The summed E-state index contributed by atoms with van der Waals surface area (Å²) in [6, 6.07) is 4.19. The van der Waals surface area contributed by atoms with E-state index in [9.17, 15) is 14.3 Å². The lowest BCUT2D eigenvalue weighted by atomic mass is 10.1. The fourth-order valence-corrected chi connectivity index (χ4v) is 3.37. The molecule has 3 rings (SSSR count). The molecule has 0 aromatic heterocycles. The number of hydrogen-bond donors (Lipinski definition) is 2. The molecule has 2 aliphatic heterocycles. The quantitative estimate of drug-likeness (QED) is 0.790. The van der Waals surface area contributed by atoms with Crippen molar-refractivity contribution >= 4 is 42.3 Å². The SMILES string of the molecule is Cl.Cl.O=C(C1CC(O)CN1)N1CCN(Cc2ccc(F)cc2Cl)CC1. The first-order valence-electron chi connectivity index (χ1n) is 7.89. The summed E-state index contributed by atoms with van der Waals surface area (Å²) >= 11 is 6.06. The van der Waals surface area contributed by atoms with Crippen LogP contribution in [0.1, 0.15) is 12.0 Å². The number of aliphatic hydroxyl groups is 1. The summed E-state index contributed by atoms with van der Waals surface area (Å²) in [6.07, 6.45) is 0.0652. The van der Waals surface area contributed by atoms with E-state index >= 15 is 0 Å². The molecule has 142 valence electrons. The summed E-state index contributed by atoms with van der Waals surface area (Å²) in [5.74, 6) is -0.263. The van der Waals surface area contributed by atoms with Crippen LogP contribution in [0, 0.1) is 5.82 Å². The highest BCUT2D eigenvalue weighted by molar-refractivity contribution is 6.31. The zero-order valence-electron chi connectivity index (χ0n) is 13.7. The molecule has 9 heteroatoms. The standard InChI is InChI=1S/C16H21ClFN3O2.2ClH/c17-14-7-12(18)2-1-11(14)10-20-3-5-21(6-4-20)16(23)15-8-13(22)9-19-15;;/h1-2,7,13,15,19,22H,3-6,8-10H2;2*1H. The van der Waals surface area contributed by atoms with Gasteiger partial charge in [-0.3, -0.25) is 9.69 Å². The Morgan fingerprint density at radius 2 is 1.96 bits per heavy atom. The van der Waals surface area contributed by atoms with Crippen LogP contribution >= 0.6 is 36.4 Å². The number of piperazine rings is 1. The second-order valence-electron chi connectivity index (χ2n) is 6.19. The highest BCUT2D eigenvalue weighted by Crippen LogP contribution is 2.20. The molecule has 0 aliphatic carbocycles. The van der Waals surface area contributed by atoms with Gasteiger partial charge in [0.05, 0.1) is 12.1 Å². The van der Waals surface area contributed by atoms with Crippen molar-refractivity contribution in [2.45, 2.75) is 25.1 Å². The van der Waals surface area contributed by atoms with Crippen LogP contribution in [0.3, 0.4) is 0 Å². The van der Waals surface area contributed by atoms with Crippen LogP contribution in [0.25, 0.3) is 0 Å². The van der Waals surface area contributed by atoms with Gasteiger partial charge in [-0.15, -0.1) is 24.8 Å². The van der Waals surface area contributed by atoms with Gasteiger partial charge >= 0.3 is 0 Å². The Bertz CT molecular complexity index is 586. The topological polar surface area (TPSA) is 55.8 Å². The van der Waals surface area contributed by atoms with Crippen molar-refractivity contribution in [2.24, 2.45) is 0 Å². The monoisotopic (exact) mass is 413 g/mol. The van der Waals surface area contributed by atoms with Crippen molar-refractivity contribution in [2.75, 3.05) is 32.7 Å². The Labute approximate surface area is 164 Å². The van der Waals surface area contributed by atoms with Crippen molar-refractivity contribution < 1.29 is 14.3 Å². The average molecular weight is 415 g/mol. The first kappa shape index (κ1) is 22.4. The molecule has 0 spiro atoms. The third-order valence-corrected chi connectivity index (χ3v) is 4.85. The van der Waals surface area contributed by atoms with Gasteiger partial charge in [-0.25, -0.2) is 4.39 Å². The molecule has 0 radical (unpaired) electrons. The average Bonchev–Trinajstić information content (AvgIpc) is 2.97. The number of nitrogens with one attached hydrogen (secondary N) is 1. The van der Waals surface area contributed by atoms with Crippen LogP contribution in [-0.4, -0.2) is 65.7 Å². The minimum Gasteiger partial charge on any atom is -0.392 e. The van der Waals surface area contributed by atoms with Gasteiger partial charge in [-0.05, 0) is 24.1 Å². The molecule has 2 aliphatic rings. The van der Waals surface area contributed by atoms with E-state index in [-0.39, 0.29) is 42.6 Å². The first-order valence-corrected chi connectivity index (χ1v) is 8.27. The molecule has 2 fully saturated rings. The van der Waals surface area contributed by atoms with Gasteiger partial charge in [-0.1, -0.05) is 17.7 Å². The molecule has 2 saturated heterocycles. The number of aliphatic hydroxyl groups excluding tert-OH is 1. The molecule has 2 N–H and O–H groups in total. The molecule has 25 heavy (non-hydrogen) atoms. The molecule has 2 atom stereocenters. The van der Waals surface area contributed by atoms with Gasteiger partial charge in [0, 0.05) is 44.3 Å². The summed E-state index contributed by atoms with van der Waals surface area (Å²) in [7, 11) is 0. The maximum absolute atomic E-state index is 13.1. The lowest BCUT2D eigenvalue weighted by Crippen LogP contribution is -2.52. The van der Waals surface area contributed by atoms with Crippen molar-refractivity contribution in [1.82, 2.24) is 15.1 Å². The summed E-state index contributed by atoms with van der Waals surface area (Å²) in [4.78, 5) is 16.4. The van der Waals surface area contributed by atoms with E-state index in [2.05, 4.69) is 10.2 Å². The molecule has 0 bridgehead atoms. The zero-order valence-corrected chi connectivity index (χ0v) is 16.0. The highest BCUT2D eigenvalue weighted by Gasteiger charge is 2.32. The van der Waals surface area contributed by atoms with Crippen LogP contribution in [0.4, 0.5) is 4.39 Å². The smallest absolute Gasteiger partial charge is 0.239 e. The van der Waals surface area contributed by atoms with Crippen LogP contribution < -0.4 is 5.32 Å². The maximum Gasteiger partial charge on any atom is 0.239 e. The fraction of sp³-hybridized carbons (Fsp3) is 0.562. The van der Waals surface area contributed by atoms with Gasteiger partial charge in [0.1, 0.15) is 5.82 Å². The third kappa shape index (κ3) is 5.67. The summed E-state index contributed by atoms with van der Waals surface area (Å²) < 4.78 is 13.1. The van der Waals surface area contributed by atoms with Crippen LogP contribution in [0.5, 0.6) is 0 Å². The van der Waals surface area contributed by atoms with Crippen molar-refractivity contribution in [3.05, 3.63) is 34.6 Å². The Morgan fingerprint density at radius 1 is 1.28 bits per heavy atom. The number of amides is 1. The Hall–Kier alpha value is -0.630. The van der Waals surface area contributed by atoms with Crippen LogP contribution in [0.15, 0.2) is 18.2 Å². The number of halogens is 4. The van der Waals surface area contributed by atoms with Crippen molar-refractivity contribution in [1.29, 1.82) is 0 Å². The highest BCUT2D eigenvalue weighted by atomic mass is 35.5. The van der Waals surface area contributed by atoms with Crippen molar-refractivity contribution in [3.8, 4) is 0 Å². The second-order valence-corrected chi connectivity index (χ2v) is 6.59.